The molecule has 0 amide bonds. The van der Waals surface area contributed by atoms with Crippen LogP contribution in [0.1, 0.15) is 22.5 Å². The molecule has 18 heavy (non-hydrogen) atoms. The lowest BCUT2D eigenvalue weighted by atomic mass is 10.1. The van der Waals surface area contributed by atoms with Crippen molar-refractivity contribution >= 4 is 0 Å². The Morgan fingerprint density at radius 3 is 3.11 bits per heavy atom. The van der Waals surface area contributed by atoms with Gasteiger partial charge >= 0.3 is 0 Å². The molecule has 4 heteroatoms. The van der Waals surface area contributed by atoms with Gasteiger partial charge in [-0.1, -0.05) is 12.1 Å². The van der Waals surface area contributed by atoms with Crippen LogP contribution in [0.3, 0.4) is 0 Å². The molecule has 0 bridgehead atoms. The highest BCUT2D eigenvalue weighted by Crippen LogP contribution is 2.23. The van der Waals surface area contributed by atoms with Crippen molar-refractivity contribution < 1.29 is 4.74 Å². The summed E-state index contributed by atoms with van der Waals surface area (Å²) >= 11 is 0. The van der Waals surface area contributed by atoms with Crippen LogP contribution in [0.25, 0.3) is 5.69 Å². The van der Waals surface area contributed by atoms with Gasteiger partial charge in [0.05, 0.1) is 24.6 Å². The van der Waals surface area contributed by atoms with E-state index in [1.807, 2.05) is 29.8 Å². The minimum atomic E-state index is 0.523. The van der Waals surface area contributed by atoms with Crippen LogP contribution in [-0.4, -0.2) is 16.4 Å². The third-order valence-electron chi connectivity index (χ3n) is 3.18. The van der Waals surface area contributed by atoms with E-state index >= 15 is 0 Å². The first kappa shape index (κ1) is 11.0. The van der Waals surface area contributed by atoms with Crippen molar-refractivity contribution in [3.63, 3.8) is 0 Å². The predicted octanol–water partition coefficient (Wildman–Crippen LogP) is 2.13. The Bertz CT molecular complexity index is 637. The first-order chi connectivity index (χ1) is 8.79. The van der Waals surface area contributed by atoms with Gasteiger partial charge in [-0.05, 0) is 24.6 Å². The molecular formula is C14H13N3O. The van der Waals surface area contributed by atoms with Gasteiger partial charge in [-0.3, -0.25) is 0 Å². The molecule has 90 valence electrons. The number of aromatic nitrogens is 2. The molecule has 1 aromatic heterocycles. The van der Waals surface area contributed by atoms with Crippen LogP contribution in [0, 0.1) is 18.3 Å². The molecular weight excluding hydrogens is 226 g/mol. The molecule has 1 aliphatic heterocycles. The second-order valence-corrected chi connectivity index (χ2v) is 4.44. The van der Waals surface area contributed by atoms with E-state index in [4.69, 9.17) is 10.00 Å². The third kappa shape index (κ3) is 1.69. The molecule has 2 heterocycles. The van der Waals surface area contributed by atoms with Gasteiger partial charge in [0.25, 0.3) is 0 Å². The van der Waals surface area contributed by atoms with E-state index in [-0.39, 0.29) is 0 Å². The first-order valence-corrected chi connectivity index (χ1v) is 5.95. The Hall–Kier alpha value is -2.12. The van der Waals surface area contributed by atoms with Gasteiger partial charge in [-0.25, -0.2) is 4.68 Å². The van der Waals surface area contributed by atoms with E-state index in [0.717, 1.165) is 23.4 Å². The van der Waals surface area contributed by atoms with Crippen LogP contribution in [0.2, 0.25) is 0 Å². The van der Waals surface area contributed by atoms with Crippen molar-refractivity contribution in [2.75, 3.05) is 6.61 Å². The van der Waals surface area contributed by atoms with Crippen molar-refractivity contribution in [3.8, 4) is 11.8 Å². The fourth-order valence-electron chi connectivity index (χ4n) is 2.30. The number of fused-ring (bicyclic) bond motifs is 1. The topological polar surface area (TPSA) is 50.8 Å². The molecule has 0 aliphatic carbocycles. The highest BCUT2D eigenvalue weighted by atomic mass is 16.5. The van der Waals surface area contributed by atoms with Gasteiger partial charge < -0.3 is 4.74 Å². The van der Waals surface area contributed by atoms with E-state index < -0.39 is 0 Å². The number of ether oxygens (including phenoxy) is 1. The van der Waals surface area contributed by atoms with E-state index in [2.05, 4.69) is 17.2 Å². The molecule has 0 unspecified atom stereocenters. The Morgan fingerprint density at radius 2 is 2.33 bits per heavy atom. The number of hydrogen-bond acceptors (Lipinski definition) is 3. The lowest BCUT2D eigenvalue weighted by Gasteiger charge is -2.14. The summed E-state index contributed by atoms with van der Waals surface area (Å²) in [5.41, 5.74) is 4.72. The summed E-state index contributed by atoms with van der Waals surface area (Å²) < 4.78 is 7.31. The van der Waals surface area contributed by atoms with Crippen LogP contribution in [0.4, 0.5) is 0 Å². The number of nitrogens with zero attached hydrogens (tertiary/aromatic N) is 3. The standard InChI is InChI=1S/C14H13N3O/c1-10-3-2-4-11(7-10)17-14-9-18-6-5-12(14)13(8-15)16-17/h2-4,7H,5-6,9H2,1H3. The average molecular weight is 239 g/mol. The molecule has 4 nitrogen and oxygen atoms in total. The average Bonchev–Trinajstić information content (AvgIpc) is 2.77. The second kappa shape index (κ2) is 4.28. The quantitative estimate of drug-likeness (QED) is 0.766. The van der Waals surface area contributed by atoms with Crippen LogP contribution in [0.15, 0.2) is 24.3 Å². The molecule has 0 saturated heterocycles. The van der Waals surface area contributed by atoms with Gasteiger partial charge in [0.2, 0.25) is 0 Å². The van der Waals surface area contributed by atoms with Crippen LogP contribution in [-0.2, 0) is 17.8 Å². The second-order valence-electron chi connectivity index (χ2n) is 4.44. The lowest BCUT2D eigenvalue weighted by molar-refractivity contribution is 0.106. The molecule has 0 spiro atoms. The summed E-state index contributed by atoms with van der Waals surface area (Å²) in [5.74, 6) is 0. The number of hydrogen-bond donors (Lipinski definition) is 0. The SMILES string of the molecule is Cc1cccc(-n2nc(C#N)c3c2COCC3)c1. The van der Waals surface area contributed by atoms with Gasteiger partial charge in [-0.15, -0.1) is 0 Å². The first-order valence-electron chi connectivity index (χ1n) is 5.95. The molecule has 0 radical (unpaired) electrons. The maximum absolute atomic E-state index is 9.14. The monoisotopic (exact) mass is 239 g/mol. The van der Waals surface area contributed by atoms with E-state index in [1.54, 1.807) is 0 Å². The maximum atomic E-state index is 9.14. The zero-order valence-electron chi connectivity index (χ0n) is 10.2. The Labute approximate surface area is 105 Å². The number of benzene rings is 1. The van der Waals surface area contributed by atoms with Crippen LogP contribution in [0.5, 0.6) is 0 Å². The number of rotatable bonds is 1. The van der Waals surface area contributed by atoms with E-state index in [9.17, 15) is 0 Å². The summed E-state index contributed by atoms with van der Waals surface area (Å²) in [7, 11) is 0. The van der Waals surface area contributed by atoms with E-state index in [1.165, 1.54) is 5.56 Å². The summed E-state index contributed by atoms with van der Waals surface area (Å²) in [6.45, 7) is 3.24. The van der Waals surface area contributed by atoms with Crippen molar-refractivity contribution in [1.82, 2.24) is 9.78 Å². The van der Waals surface area contributed by atoms with Gasteiger partial charge in [0.1, 0.15) is 6.07 Å². The molecule has 0 fully saturated rings. The summed E-state index contributed by atoms with van der Waals surface area (Å²) in [4.78, 5) is 0. The van der Waals surface area contributed by atoms with Crippen LogP contribution >= 0.6 is 0 Å². The highest BCUT2D eigenvalue weighted by Gasteiger charge is 2.21. The van der Waals surface area contributed by atoms with Gasteiger partial charge in [0.15, 0.2) is 5.69 Å². The molecule has 0 N–H and O–H groups in total. The normalized spacial score (nSPS) is 14.0. The van der Waals surface area contributed by atoms with Crippen LogP contribution < -0.4 is 0 Å². The maximum Gasteiger partial charge on any atom is 0.166 e. The van der Waals surface area contributed by atoms with Gasteiger partial charge in [-0.2, -0.15) is 10.4 Å². The lowest BCUT2D eigenvalue weighted by Crippen LogP contribution is -2.12. The minimum Gasteiger partial charge on any atom is -0.375 e. The molecule has 3 rings (SSSR count). The number of nitriles is 1. The fraction of sp³-hybridized carbons (Fsp3) is 0.286. The zero-order valence-corrected chi connectivity index (χ0v) is 10.2. The zero-order chi connectivity index (χ0) is 12.5. The number of aryl methyl sites for hydroxylation is 1. The fourth-order valence-corrected chi connectivity index (χ4v) is 2.30. The van der Waals surface area contributed by atoms with Crippen molar-refractivity contribution in [3.05, 3.63) is 46.8 Å². The summed E-state index contributed by atoms with van der Waals surface area (Å²) in [5, 5.41) is 13.5. The van der Waals surface area contributed by atoms with Crippen molar-refractivity contribution in [2.24, 2.45) is 0 Å². The smallest absolute Gasteiger partial charge is 0.166 e. The van der Waals surface area contributed by atoms with Crippen molar-refractivity contribution in [1.29, 1.82) is 5.26 Å². The predicted molar refractivity (Wildman–Crippen MR) is 66.4 cm³/mol. The third-order valence-corrected chi connectivity index (χ3v) is 3.18. The molecule has 1 aliphatic rings. The summed E-state index contributed by atoms with van der Waals surface area (Å²) in [6, 6.07) is 10.3. The summed E-state index contributed by atoms with van der Waals surface area (Å²) in [6.07, 6.45) is 0.768. The van der Waals surface area contributed by atoms with Crippen molar-refractivity contribution in [2.45, 2.75) is 20.0 Å². The Balaban J connectivity index is 2.18. The molecule has 1 aromatic carbocycles. The molecule has 0 saturated carbocycles. The molecule has 2 aromatic rings. The van der Waals surface area contributed by atoms with E-state index in [0.29, 0.717) is 18.9 Å². The van der Waals surface area contributed by atoms with Gasteiger partial charge in [0, 0.05) is 12.0 Å². The largest absolute Gasteiger partial charge is 0.375 e. The Morgan fingerprint density at radius 1 is 1.44 bits per heavy atom. The minimum absolute atomic E-state index is 0.523. The highest BCUT2D eigenvalue weighted by molar-refractivity contribution is 5.43. The Kier molecular flexibility index (Phi) is 2.62. The molecule has 0 atom stereocenters.